The largest absolute Gasteiger partial charge is 0.479 e. The Morgan fingerprint density at radius 3 is 2.40 bits per heavy atom. The minimum absolute atomic E-state index is 0.0170. The van der Waals surface area contributed by atoms with Crippen molar-refractivity contribution in [1.29, 1.82) is 0 Å². The van der Waals surface area contributed by atoms with E-state index in [9.17, 15) is 9.90 Å². The predicted molar refractivity (Wildman–Crippen MR) is 218 cm³/mol. The minimum atomic E-state index is -2.30. The molecule has 2 aromatic heterocycles. The average molecular weight is 802 g/mol. The lowest BCUT2D eigenvalue weighted by Crippen LogP contribution is -2.66. The zero-order valence-corrected chi connectivity index (χ0v) is 35.4. The van der Waals surface area contributed by atoms with Crippen LogP contribution in [0.3, 0.4) is 0 Å². The van der Waals surface area contributed by atoms with E-state index in [0.29, 0.717) is 52.3 Å². The van der Waals surface area contributed by atoms with Gasteiger partial charge < -0.3 is 29.0 Å². The smallest absolute Gasteiger partial charge is 0.410 e. The molecule has 14 heteroatoms. The molecule has 0 saturated carbocycles. The van der Waals surface area contributed by atoms with Crippen molar-refractivity contribution in [2.45, 2.75) is 122 Å². The summed E-state index contributed by atoms with van der Waals surface area (Å²) in [4.78, 5) is 31.0. The normalized spacial score (nSPS) is 20.5. The summed E-state index contributed by atoms with van der Waals surface area (Å²) in [5, 5.41) is 12.3. The number of hydrogen-bond acceptors (Lipinski definition) is 10. The maximum absolute atomic E-state index is 17.3. The van der Waals surface area contributed by atoms with Crippen LogP contribution in [0, 0.1) is 23.1 Å². The molecule has 3 aliphatic heterocycles. The van der Waals surface area contributed by atoms with E-state index >= 15 is 8.78 Å². The topological polar surface area (TPSA) is 119 Å². The summed E-state index contributed by atoms with van der Waals surface area (Å²) < 4.78 is 57.2. The van der Waals surface area contributed by atoms with Gasteiger partial charge >= 0.3 is 12.1 Å². The van der Waals surface area contributed by atoms with Gasteiger partial charge in [0.15, 0.2) is 5.82 Å². The molecule has 11 nitrogen and oxygen atoms in total. The van der Waals surface area contributed by atoms with E-state index in [1.807, 2.05) is 31.7 Å². The fourth-order valence-electron chi connectivity index (χ4n) is 9.71. The molecule has 0 aliphatic carbocycles. The van der Waals surface area contributed by atoms with Crippen molar-refractivity contribution in [3.05, 3.63) is 47.5 Å². The number of anilines is 1. The van der Waals surface area contributed by atoms with Gasteiger partial charge in [0.2, 0.25) is 5.88 Å². The third kappa shape index (κ3) is 7.05. The Bertz CT molecular complexity index is 2250. The predicted octanol–water partition coefficient (Wildman–Crippen LogP) is 8.74. The quantitative estimate of drug-likeness (QED) is 0.0802. The van der Waals surface area contributed by atoms with Crippen LogP contribution in [0.1, 0.15) is 80.7 Å². The Morgan fingerprint density at radius 1 is 1.02 bits per heavy atom. The summed E-state index contributed by atoms with van der Waals surface area (Å²) in [7, 11) is -0.783. The van der Waals surface area contributed by atoms with Gasteiger partial charge in [0, 0.05) is 24.6 Å². The standard InChI is InChI=1S/C43H53F2N5O6Si/c1-23(2)57(24(3)4,25(5)6)19-18-28-30(44)16-14-26-12-11-13-29(33(26)28)36-35(45)37-34-39(48-41(51)47-37)49-20-27-15-17-31(50(27)42(52)56-43(7,8)9)38(49)32(21-54-22-53-10)55-40(34)46-36/h11-14,16,23-25,27,31-32,38H,15,17,20-22H2,1-10H3,(H,47,48,51)/t27-,31+,32+,38+/m1/s1. The second-order valence-corrected chi connectivity index (χ2v) is 23.0. The summed E-state index contributed by atoms with van der Waals surface area (Å²) in [6, 6.07) is 6.49. The van der Waals surface area contributed by atoms with Crippen LogP contribution in [0.2, 0.25) is 16.6 Å². The molecule has 2 bridgehead atoms. The fourth-order valence-corrected chi connectivity index (χ4v) is 14.9. The molecule has 2 saturated heterocycles. The highest BCUT2D eigenvalue weighted by molar-refractivity contribution is 6.90. The second kappa shape index (κ2) is 15.3. The Hall–Kier alpha value is -4.58. The Balaban J connectivity index is 1.44. The van der Waals surface area contributed by atoms with Crippen LogP contribution in [0.5, 0.6) is 11.9 Å². The third-order valence-electron chi connectivity index (χ3n) is 12.0. The van der Waals surface area contributed by atoms with E-state index in [1.54, 1.807) is 23.1 Å². The van der Waals surface area contributed by atoms with Crippen molar-refractivity contribution >= 4 is 41.7 Å². The van der Waals surface area contributed by atoms with Crippen molar-refractivity contribution in [2.75, 3.05) is 32.0 Å². The fraction of sp³-hybridized carbons (Fsp3) is 0.535. The molecule has 1 N–H and O–H groups in total. The lowest BCUT2D eigenvalue weighted by atomic mass is 9.96. The summed E-state index contributed by atoms with van der Waals surface area (Å²) in [5.41, 5.74) is 3.97. The number of halogens is 2. The number of methoxy groups -OCH3 is 1. The first-order chi connectivity index (χ1) is 27.0. The number of fused-ring (bicyclic) bond motifs is 6. The molecule has 2 fully saturated rings. The highest BCUT2D eigenvalue weighted by Gasteiger charge is 2.55. The number of piperazine rings is 1. The number of amides is 1. The first-order valence-electron chi connectivity index (χ1n) is 19.8. The van der Waals surface area contributed by atoms with Crippen LogP contribution in [0.15, 0.2) is 30.3 Å². The first-order valence-corrected chi connectivity index (χ1v) is 22.1. The number of carbonyl (C=O) groups is 1. The van der Waals surface area contributed by atoms with Crippen molar-refractivity contribution in [3.8, 4) is 34.6 Å². The summed E-state index contributed by atoms with van der Waals surface area (Å²) in [6.07, 6.45) is 0.122. The number of pyridine rings is 1. The number of carbonyl (C=O) groups excluding carboxylic acids is 1. The van der Waals surface area contributed by atoms with Crippen molar-refractivity contribution in [1.82, 2.24) is 19.9 Å². The van der Waals surface area contributed by atoms with Crippen molar-refractivity contribution < 1.29 is 37.6 Å². The summed E-state index contributed by atoms with van der Waals surface area (Å²) in [6.45, 7) is 18.9. The Labute approximate surface area is 334 Å². The molecule has 4 atom stereocenters. The third-order valence-corrected chi connectivity index (χ3v) is 18.2. The number of ether oxygens (including phenoxy) is 4. The Kier molecular flexibility index (Phi) is 10.9. The molecule has 57 heavy (non-hydrogen) atoms. The van der Waals surface area contributed by atoms with Crippen LogP contribution >= 0.6 is 0 Å². The lowest BCUT2D eigenvalue weighted by molar-refractivity contribution is -0.0684. The molecule has 0 unspecified atom stereocenters. The maximum atomic E-state index is 17.3. The van der Waals surface area contributed by atoms with Gasteiger partial charge in [-0.05, 0) is 61.7 Å². The molecule has 5 heterocycles. The highest BCUT2D eigenvalue weighted by Crippen LogP contribution is 2.48. The molecule has 4 aromatic rings. The van der Waals surface area contributed by atoms with E-state index in [1.165, 1.54) is 13.2 Å². The maximum Gasteiger partial charge on any atom is 0.410 e. The second-order valence-electron chi connectivity index (χ2n) is 17.4. The molecule has 3 aliphatic rings. The molecular formula is C43H53F2N5O6Si. The van der Waals surface area contributed by atoms with E-state index < -0.39 is 55.6 Å². The minimum Gasteiger partial charge on any atom is -0.479 e. The van der Waals surface area contributed by atoms with E-state index in [-0.39, 0.29) is 53.3 Å². The summed E-state index contributed by atoms with van der Waals surface area (Å²) >= 11 is 0. The van der Waals surface area contributed by atoms with Crippen LogP contribution in [0.25, 0.3) is 32.9 Å². The van der Waals surface area contributed by atoms with Gasteiger partial charge in [0.05, 0.1) is 30.3 Å². The van der Waals surface area contributed by atoms with Gasteiger partial charge in [-0.25, -0.2) is 18.6 Å². The van der Waals surface area contributed by atoms with Gasteiger partial charge in [0.25, 0.3) is 0 Å². The van der Waals surface area contributed by atoms with E-state index in [0.717, 1.165) is 0 Å². The van der Waals surface area contributed by atoms with Crippen molar-refractivity contribution in [2.24, 2.45) is 0 Å². The molecule has 0 spiro atoms. The number of rotatable bonds is 8. The number of aromatic hydroxyl groups is 1. The zero-order chi connectivity index (χ0) is 41.1. The molecule has 304 valence electrons. The number of nitrogens with zero attached hydrogens (tertiary/aromatic N) is 5. The van der Waals surface area contributed by atoms with Gasteiger partial charge in [-0.15, -0.1) is 5.54 Å². The van der Waals surface area contributed by atoms with Crippen molar-refractivity contribution in [3.63, 3.8) is 0 Å². The van der Waals surface area contributed by atoms with Crippen LogP contribution < -0.4 is 9.64 Å². The van der Waals surface area contributed by atoms with Gasteiger partial charge in [-0.3, -0.25) is 4.90 Å². The summed E-state index contributed by atoms with van der Waals surface area (Å²) in [5.74, 6) is 2.20. The van der Waals surface area contributed by atoms with Gasteiger partial charge in [-0.2, -0.15) is 9.97 Å². The van der Waals surface area contributed by atoms with Gasteiger partial charge in [0.1, 0.15) is 54.8 Å². The molecule has 2 aromatic carbocycles. The van der Waals surface area contributed by atoms with Gasteiger partial charge in [-0.1, -0.05) is 71.7 Å². The Morgan fingerprint density at radius 2 is 1.74 bits per heavy atom. The highest BCUT2D eigenvalue weighted by atomic mass is 28.3. The average Bonchev–Trinajstić information content (AvgIpc) is 3.38. The number of hydrogen-bond donors (Lipinski definition) is 1. The number of aromatic nitrogens is 3. The molecule has 7 rings (SSSR count). The monoisotopic (exact) mass is 801 g/mol. The van der Waals surface area contributed by atoms with E-state index in [4.69, 9.17) is 23.9 Å². The molecular weight excluding hydrogens is 749 g/mol. The lowest BCUT2D eigenvalue weighted by Gasteiger charge is -2.48. The zero-order valence-electron chi connectivity index (χ0n) is 34.4. The first kappa shape index (κ1) is 40.6. The SMILES string of the molecule is COCOC[C@@H]1Oc2nc(-c3cccc4ccc(F)c(C#C[Si](C(C)C)(C(C)C)C(C)C)c34)c(F)c3nc(O)nc(c23)N2C[C@H]3CC[C@@H]([C@@H]12)N3C(=O)OC(C)(C)C. The van der Waals surface area contributed by atoms with Crippen LogP contribution in [0.4, 0.5) is 19.4 Å². The molecule has 0 radical (unpaired) electrons. The molecule has 1 amide bonds. The van der Waals surface area contributed by atoms with E-state index in [2.05, 4.69) is 63.0 Å². The van der Waals surface area contributed by atoms with Crippen LogP contribution in [-0.2, 0) is 14.2 Å². The van der Waals surface area contributed by atoms with Crippen LogP contribution in [-0.4, -0.2) is 96.0 Å². The number of benzene rings is 2.